The van der Waals surface area contributed by atoms with E-state index in [1.807, 2.05) is 19.9 Å². The molecule has 0 amide bonds. The highest BCUT2D eigenvalue weighted by Gasteiger charge is 2.70. The predicted octanol–water partition coefficient (Wildman–Crippen LogP) is 3.02. The van der Waals surface area contributed by atoms with E-state index in [-0.39, 0.29) is 35.8 Å². The lowest BCUT2D eigenvalue weighted by Gasteiger charge is -2.64. The van der Waals surface area contributed by atoms with Crippen LogP contribution in [0.5, 0.6) is 0 Å². The van der Waals surface area contributed by atoms with Gasteiger partial charge in [0.2, 0.25) is 11.6 Å². The monoisotopic (exact) mass is 390 g/mol. The SMILES string of the molecule is COC1=CC[C@@H]2C[C@H]3O[C@@H](OC)C[C@H]4C(C)=C(OC)C(=O)[C@H]([C@@]2(C)C1=O)[C@@]34C. The van der Waals surface area contributed by atoms with Gasteiger partial charge in [-0.1, -0.05) is 13.8 Å². The maximum absolute atomic E-state index is 13.7. The maximum atomic E-state index is 13.7. The smallest absolute Gasteiger partial charge is 0.203 e. The van der Waals surface area contributed by atoms with Crippen molar-refractivity contribution in [2.45, 2.75) is 52.4 Å². The highest BCUT2D eigenvalue weighted by atomic mass is 16.7. The van der Waals surface area contributed by atoms with Gasteiger partial charge in [-0.2, -0.15) is 0 Å². The summed E-state index contributed by atoms with van der Waals surface area (Å²) >= 11 is 0. The molecular formula is C22H30O6. The fraction of sp³-hybridized carbons (Fsp3) is 0.727. The Balaban J connectivity index is 1.93. The van der Waals surface area contributed by atoms with E-state index < -0.39 is 16.7 Å². The van der Waals surface area contributed by atoms with E-state index >= 15 is 0 Å². The third-order valence-corrected chi connectivity index (χ3v) is 8.11. The lowest BCUT2D eigenvalue weighted by atomic mass is 9.41. The fourth-order valence-electron chi connectivity index (χ4n) is 6.67. The molecule has 1 heterocycles. The number of Topliss-reactive ketones (excluding diaryl/α,β-unsaturated/α-hetero) is 2. The second-order valence-corrected chi connectivity index (χ2v) is 9.01. The van der Waals surface area contributed by atoms with Crippen LogP contribution in [0, 0.1) is 28.6 Å². The first-order chi connectivity index (χ1) is 13.2. The zero-order chi connectivity index (χ0) is 20.4. The van der Waals surface area contributed by atoms with Gasteiger partial charge >= 0.3 is 0 Å². The van der Waals surface area contributed by atoms with Crippen LogP contribution in [0.2, 0.25) is 0 Å². The summed E-state index contributed by atoms with van der Waals surface area (Å²) in [6.07, 6.45) is 3.45. The number of carbonyl (C=O) groups excluding carboxylic acids is 2. The summed E-state index contributed by atoms with van der Waals surface area (Å²) in [5, 5.41) is 0. The molecular weight excluding hydrogens is 360 g/mol. The molecule has 4 rings (SSSR count). The molecule has 3 aliphatic carbocycles. The Bertz CT molecular complexity index is 782. The molecule has 0 radical (unpaired) electrons. The number of rotatable bonds is 3. The molecule has 0 aromatic heterocycles. The van der Waals surface area contributed by atoms with Crippen LogP contribution in [0.1, 0.15) is 40.0 Å². The normalized spacial score (nSPS) is 45.2. The van der Waals surface area contributed by atoms with Crippen molar-refractivity contribution in [3.8, 4) is 0 Å². The quantitative estimate of drug-likeness (QED) is 0.738. The largest absolute Gasteiger partial charge is 0.493 e. The number of methoxy groups -OCH3 is 3. The Labute approximate surface area is 166 Å². The van der Waals surface area contributed by atoms with Gasteiger partial charge in [-0.25, -0.2) is 0 Å². The third-order valence-electron chi connectivity index (χ3n) is 8.11. The van der Waals surface area contributed by atoms with Gasteiger partial charge < -0.3 is 18.9 Å². The number of hydrogen-bond donors (Lipinski definition) is 0. The molecule has 1 saturated heterocycles. The number of ketones is 2. The molecule has 6 nitrogen and oxygen atoms in total. The minimum Gasteiger partial charge on any atom is -0.493 e. The summed E-state index contributed by atoms with van der Waals surface area (Å²) in [5.74, 6) is 0.146. The molecule has 0 spiro atoms. The Morgan fingerprint density at radius 2 is 1.82 bits per heavy atom. The average molecular weight is 390 g/mol. The van der Waals surface area contributed by atoms with Gasteiger partial charge in [0.25, 0.3) is 0 Å². The summed E-state index contributed by atoms with van der Waals surface area (Å²) in [7, 11) is 4.71. The standard InChI is InChI=1S/C22H30O6/c1-11-13-10-16(26-5)28-15-9-12-7-8-14(25-4)20(24)21(12,2)19(22(13,15)3)17(23)18(11)27-6/h8,12-13,15-16,19H,7,9-10H2,1-6H3/t12-,13+,15-,16-,19-,21+,22-/m1/s1. The zero-order valence-corrected chi connectivity index (χ0v) is 17.5. The number of hydrogen-bond acceptors (Lipinski definition) is 6. The van der Waals surface area contributed by atoms with Crippen molar-refractivity contribution in [1.82, 2.24) is 0 Å². The van der Waals surface area contributed by atoms with Gasteiger partial charge in [0.1, 0.15) is 0 Å². The molecule has 154 valence electrons. The van der Waals surface area contributed by atoms with E-state index in [2.05, 4.69) is 6.92 Å². The van der Waals surface area contributed by atoms with Crippen molar-refractivity contribution in [1.29, 1.82) is 0 Å². The molecule has 28 heavy (non-hydrogen) atoms. The molecule has 2 fully saturated rings. The molecule has 0 bridgehead atoms. The summed E-state index contributed by atoms with van der Waals surface area (Å²) in [5.41, 5.74) is -0.390. The molecule has 1 aliphatic heterocycles. The fourth-order valence-corrected chi connectivity index (χ4v) is 6.67. The number of ether oxygens (including phenoxy) is 4. The Kier molecular flexibility index (Phi) is 4.51. The minimum absolute atomic E-state index is 0.0127. The molecule has 0 aromatic rings. The molecule has 6 heteroatoms. The van der Waals surface area contributed by atoms with Gasteiger partial charge in [-0.3, -0.25) is 9.59 Å². The first-order valence-electron chi connectivity index (χ1n) is 10.0. The summed E-state index contributed by atoms with van der Waals surface area (Å²) < 4.78 is 22.8. The van der Waals surface area contributed by atoms with E-state index in [1.54, 1.807) is 7.11 Å². The lowest BCUT2D eigenvalue weighted by Crippen LogP contribution is -2.68. The molecule has 0 aromatic carbocycles. The Hall–Kier alpha value is -1.66. The molecule has 0 N–H and O–H groups in total. The van der Waals surface area contributed by atoms with Gasteiger partial charge in [-0.15, -0.1) is 0 Å². The number of carbonyl (C=O) groups is 2. The van der Waals surface area contributed by atoms with Crippen LogP contribution in [0.4, 0.5) is 0 Å². The van der Waals surface area contributed by atoms with Gasteiger partial charge in [0.05, 0.1) is 20.3 Å². The van der Waals surface area contributed by atoms with Crippen molar-refractivity contribution < 1.29 is 28.5 Å². The highest BCUT2D eigenvalue weighted by molar-refractivity contribution is 6.07. The van der Waals surface area contributed by atoms with Crippen LogP contribution in [0.25, 0.3) is 0 Å². The lowest BCUT2D eigenvalue weighted by molar-refractivity contribution is -0.277. The van der Waals surface area contributed by atoms with Crippen LogP contribution in [-0.4, -0.2) is 45.3 Å². The second-order valence-electron chi connectivity index (χ2n) is 9.01. The minimum atomic E-state index is -0.839. The second kappa shape index (κ2) is 6.42. The predicted molar refractivity (Wildman–Crippen MR) is 101 cm³/mol. The Morgan fingerprint density at radius 1 is 1.11 bits per heavy atom. The van der Waals surface area contributed by atoms with E-state index in [9.17, 15) is 9.59 Å². The van der Waals surface area contributed by atoms with Crippen molar-refractivity contribution in [3.63, 3.8) is 0 Å². The number of fused-ring (bicyclic) bond motifs is 2. The maximum Gasteiger partial charge on any atom is 0.203 e. The van der Waals surface area contributed by atoms with Crippen molar-refractivity contribution >= 4 is 11.6 Å². The van der Waals surface area contributed by atoms with Crippen molar-refractivity contribution in [2.24, 2.45) is 28.6 Å². The first kappa shape index (κ1) is 19.6. The van der Waals surface area contributed by atoms with Crippen LogP contribution in [0.15, 0.2) is 23.2 Å². The molecule has 7 atom stereocenters. The van der Waals surface area contributed by atoms with E-state index in [1.165, 1.54) is 14.2 Å². The van der Waals surface area contributed by atoms with Gasteiger partial charge in [0.15, 0.2) is 17.8 Å². The van der Waals surface area contributed by atoms with Gasteiger partial charge in [0, 0.05) is 30.3 Å². The van der Waals surface area contributed by atoms with Crippen molar-refractivity contribution in [2.75, 3.05) is 21.3 Å². The topological polar surface area (TPSA) is 71.1 Å². The van der Waals surface area contributed by atoms with Crippen LogP contribution >= 0.6 is 0 Å². The molecule has 1 saturated carbocycles. The van der Waals surface area contributed by atoms with Crippen LogP contribution < -0.4 is 0 Å². The van der Waals surface area contributed by atoms with E-state index in [0.29, 0.717) is 24.4 Å². The highest BCUT2D eigenvalue weighted by Crippen LogP contribution is 2.66. The molecule has 4 aliphatic rings. The average Bonchev–Trinajstić information content (AvgIpc) is 2.66. The van der Waals surface area contributed by atoms with E-state index in [4.69, 9.17) is 18.9 Å². The summed E-state index contributed by atoms with van der Waals surface area (Å²) in [4.78, 5) is 27.2. The first-order valence-corrected chi connectivity index (χ1v) is 10.0. The molecule has 0 unspecified atom stereocenters. The van der Waals surface area contributed by atoms with E-state index in [0.717, 1.165) is 12.0 Å². The number of allylic oxidation sites excluding steroid dienone is 4. The zero-order valence-electron chi connectivity index (χ0n) is 17.5. The van der Waals surface area contributed by atoms with Gasteiger partial charge in [-0.05, 0) is 43.3 Å². The Morgan fingerprint density at radius 3 is 2.43 bits per heavy atom. The third kappa shape index (κ3) is 2.22. The summed E-state index contributed by atoms with van der Waals surface area (Å²) in [6, 6.07) is 0. The van der Waals surface area contributed by atoms with Crippen LogP contribution in [0.3, 0.4) is 0 Å². The van der Waals surface area contributed by atoms with Crippen molar-refractivity contribution in [3.05, 3.63) is 23.2 Å². The summed E-state index contributed by atoms with van der Waals surface area (Å²) in [6.45, 7) is 6.03. The van der Waals surface area contributed by atoms with Crippen LogP contribution in [-0.2, 0) is 28.5 Å².